The van der Waals surface area contributed by atoms with Crippen LogP contribution < -0.4 is 11.3 Å². The van der Waals surface area contributed by atoms with Gasteiger partial charge in [-0.3, -0.25) is 15.1 Å². The average molecular weight is 249 g/mol. The molecule has 1 atom stereocenters. The lowest BCUT2D eigenvalue weighted by atomic mass is 10.1. The summed E-state index contributed by atoms with van der Waals surface area (Å²) >= 11 is 0. The van der Waals surface area contributed by atoms with Crippen molar-refractivity contribution in [2.45, 2.75) is 39.3 Å². The number of hydrogen-bond acceptors (Lipinski definition) is 3. The zero-order valence-electron chi connectivity index (χ0n) is 11.4. The van der Waals surface area contributed by atoms with E-state index in [1.807, 2.05) is 0 Å². The number of nitrogens with zero attached hydrogens (tertiary/aromatic N) is 1. The van der Waals surface area contributed by atoms with Crippen LogP contribution in [0.5, 0.6) is 0 Å². The number of nitrogens with one attached hydrogen (secondary N) is 1. The van der Waals surface area contributed by atoms with Gasteiger partial charge in [0.2, 0.25) is 5.91 Å². The standard InChI is InChI=1S/C14H23N3O/c1-11-5-4-6-13(9-11)10-17(3)12(2)7-8-14(18)16-15/h4-6,9,12H,7-8,10,15H2,1-3H3,(H,16,18). The van der Waals surface area contributed by atoms with Crippen molar-refractivity contribution in [3.63, 3.8) is 0 Å². The lowest BCUT2D eigenvalue weighted by molar-refractivity contribution is -0.121. The summed E-state index contributed by atoms with van der Waals surface area (Å²) < 4.78 is 0. The second-order valence-corrected chi connectivity index (χ2v) is 4.86. The molecule has 0 aliphatic rings. The Bertz CT molecular complexity index is 392. The Morgan fingerprint density at radius 2 is 2.22 bits per heavy atom. The maximum absolute atomic E-state index is 11.1. The monoisotopic (exact) mass is 249 g/mol. The third-order valence-corrected chi connectivity index (χ3v) is 3.22. The predicted molar refractivity (Wildman–Crippen MR) is 73.7 cm³/mol. The van der Waals surface area contributed by atoms with Gasteiger partial charge in [0.05, 0.1) is 0 Å². The molecular formula is C14H23N3O. The Balaban J connectivity index is 2.44. The van der Waals surface area contributed by atoms with E-state index in [-0.39, 0.29) is 5.91 Å². The molecule has 100 valence electrons. The first kappa shape index (κ1) is 14.7. The molecule has 1 amide bonds. The van der Waals surface area contributed by atoms with Gasteiger partial charge in [0.25, 0.3) is 0 Å². The van der Waals surface area contributed by atoms with Crippen LogP contribution >= 0.6 is 0 Å². The molecule has 0 aliphatic heterocycles. The van der Waals surface area contributed by atoms with Crippen LogP contribution in [0.25, 0.3) is 0 Å². The Labute approximate surface area is 109 Å². The van der Waals surface area contributed by atoms with Gasteiger partial charge in [-0.1, -0.05) is 29.8 Å². The number of amides is 1. The SMILES string of the molecule is Cc1cccc(CN(C)C(C)CCC(=O)NN)c1. The van der Waals surface area contributed by atoms with Crippen molar-refractivity contribution >= 4 is 5.91 Å². The average Bonchev–Trinajstić information content (AvgIpc) is 2.35. The molecule has 0 aromatic heterocycles. The number of rotatable bonds is 6. The van der Waals surface area contributed by atoms with Crippen molar-refractivity contribution in [2.75, 3.05) is 7.05 Å². The van der Waals surface area contributed by atoms with Crippen LogP contribution in [0.3, 0.4) is 0 Å². The van der Waals surface area contributed by atoms with Gasteiger partial charge in [0.15, 0.2) is 0 Å². The highest BCUT2D eigenvalue weighted by Gasteiger charge is 2.11. The van der Waals surface area contributed by atoms with Gasteiger partial charge < -0.3 is 0 Å². The Hall–Kier alpha value is -1.39. The highest BCUT2D eigenvalue weighted by molar-refractivity contribution is 5.75. The van der Waals surface area contributed by atoms with E-state index in [9.17, 15) is 4.79 Å². The topological polar surface area (TPSA) is 58.4 Å². The van der Waals surface area contributed by atoms with Crippen LogP contribution in [0.2, 0.25) is 0 Å². The quantitative estimate of drug-likeness (QED) is 0.457. The van der Waals surface area contributed by atoms with Crippen molar-refractivity contribution in [1.82, 2.24) is 10.3 Å². The summed E-state index contributed by atoms with van der Waals surface area (Å²) in [5.74, 6) is 4.96. The minimum absolute atomic E-state index is 0.106. The van der Waals surface area contributed by atoms with Gasteiger partial charge in [0, 0.05) is 19.0 Å². The van der Waals surface area contributed by atoms with Gasteiger partial charge in [0.1, 0.15) is 0 Å². The summed E-state index contributed by atoms with van der Waals surface area (Å²) in [5.41, 5.74) is 4.73. The molecule has 1 unspecified atom stereocenters. The van der Waals surface area contributed by atoms with Crippen molar-refractivity contribution in [2.24, 2.45) is 5.84 Å². The fourth-order valence-corrected chi connectivity index (χ4v) is 1.89. The van der Waals surface area contributed by atoms with E-state index in [0.717, 1.165) is 13.0 Å². The number of hydrazine groups is 1. The molecule has 0 fully saturated rings. The number of benzene rings is 1. The summed E-state index contributed by atoms with van der Waals surface area (Å²) in [6, 6.07) is 8.84. The normalized spacial score (nSPS) is 12.5. The van der Waals surface area contributed by atoms with E-state index >= 15 is 0 Å². The minimum atomic E-state index is -0.106. The molecule has 4 nitrogen and oxygen atoms in total. The molecule has 3 N–H and O–H groups in total. The predicted octanol–water partition coefficient (Wildman–Crippen LogP) is 1.59. The number of carbonyl (C=O) groups excluding carboxylic acids is 1. The van der Waals surface area contributed by atoms with Crippen LogP contribution in [0, 0.1) is 6.92 Å². The van der Waals surface area contributed by atoms with Crippen molar-refractivity contribution < 1.29 is 4.79 Å². The molecule has 0 aliphatic carbocycles. The third-order valence-electron chi connectivity index (χ3n) is 3.22. The van der Waals surface area contributed by atoms with Crippen molar-refractivity contribution in [3.05, 3.63) is 35.4 Å². The first-order valence-corrected chi connectivity index (χ1v) is 6.28. The van der Waals surface area contributed by atoms with Crippen LogP contribution in [0.1, 0.15) is 30.9 Å². The summed E-state index contributed by atoms with van der Waals surface area (Å²) in [7, 11) is 2.08. The number of carbonyl (C=O) groups is 1. The summed E-state index contributed by atoms with van der Waals surface area (Å²) in [6.07, 6.45) is 1.28. The summed E-state index contributed by atoms with van der Waals surface area (Å²) in [5, 5.41) is 0. The first-order chi connectivity index (χ1) is 8.52. The molecule has 18 heavy (non-hydrogen) atoms. The Kier molecular flexibility index (Phi) is 5.82. The molecule has 0 saturated heterocycles. The molecule has 0 saturated carbocycles. The van der Waals surface area contributed by atoms with Gasteiger partial charge in [-0.15, -0.1) is 0 Å². The summed E-state index contributed by atoms with van der Waals surface area (Å²) in [4.78, 5) is 13.3. The molecule has 0 radical (unpaired) electrons. The van der Waals surface area contributed by atoms with Crippen LogP contribution in [0.15, 0.2) is 24.3 Å². The third kappa shape index (κ3) is 4.85. The van der Waals surface area contributed by atoms with E-state index in [1.165, 1.54) is 11.1 Å². The minimum Gasteiger partial charge on any atom is -0.299 e. The molecule has 1 aromatic rings. The molecule has 4 heteroatoms. The smallest absolute Gasteiger partial charge is 0.233 e. The van der Waals surface area contributed by atoms with Gasteiger partial charge >= 0.3 is 0 Å². The Morgan fingerprint density at radius 1 is 1.50 bits per heavy atom. The Morgan fingerprint density at radius 3 is 2.83 bits per heavy atom. The summed E-state index contributed by atoms with van der Waals surface area (Å²) in [6.45, 7) is 5.12. The lowest BCUT2D eigenvalue weighted by Crippen LogP contribution is -2.33. The molecule has 0 bridgehead atoms. The molecule has 1 rings (SSSR count). The van der Waals surface area contributed by atoms with E-state index in [1.54, 1.807) is 0 Å². The zero-order chi connectivity index (χ0) is 13.5. The number of aryl methyl sites for hydroxylation is 1. The van der Waals surface area contributed by atoms with Gasteiger partial charge in [-0.05, 0) is 32.9 Å². The van der Waals surface area contributed by atoms with Gasteiger partial charge in [-0.25, -0.2) is 5.84 Å². The fourth-order valence-electron chi connectivity index (χ4n) is 1.89. The maximum atomic E-state index is 11.1. The van der Waals surface area contributed by atoms with E-state index in [0.29, 0.717) is 12.5 Å². The molecule has 0 spiro atoms. The maximum Gasteiger partial charge on any atom is 0.233 e. The van der Waals surface area contributed by atoms with Crippen molar-refractivity contribution in [3.8, 4) is 0 Å². The highest BCUT2D eigenvalue weighted by atomic mass is 16.2. The highest BCUT2D eigenvalue weighted by Crippen LogP contribution is 2.11. The van der Waals surface area contributed by atoms with E-state index in [2.05, 4.69) is 55.5 Å². The van der Waals surface area contributed by atoms with Crippen LogP contribution in [-0.4, -0.2) is 23.9 Å². The first-order valence-electron chi connectivity index (χ1n) is 6.28. The lowest BCUT2D eigenvalue weighted by Gasteiger charge is -2.24. The second-order valence-electron chi connectivity index (χ2n) is 4.86. The largest absolute Gasteiger partial charge is 0.299 e. The fraction of sp³-hybridized carbons (Fsp3) is 0.500. The molecule has 1 aromatic carbocycles. The van der Waals surface area contributed by atoms with Gasteiger partial charge in [-0.2, -0.15) is 0 Å². The zero-order valence-corrected chi connectivity index (χ0v) is 11.4. The van der Waals surface area contributed by atoms with E-state index in [4.69, 9.17) is 5.84 Å². The van der Waals surface area contributed by atoms with Crippen LogP contribution in [0.4, 0.5) is 0 Å². The molecule has 0 heterocycles. The number of nitrogens with two attached hydrogens (primary N) is 1. The van der Waals surface area contributed by atoms with Crippen LogP contribution in [-0.2, 0) is 11.3 Å². The van der Waals surface area contributed by atoms with Crippen molar-refractivity contribution in [1.29, 1.82) is 0 Å². The van der Waals surface area contributed by atoms with E-state index < -0.39 is 0 Å². The molecular weight excluding hydrogens is 226 g/mol. The number of hydrogen-bond donors (Lipinski definition) is 2. The second kappa shape index (κ2) is 7.13.